The molecule has 108 valence electrons. The summed E-state index contributed by atoms with van der Waals surface area (Å²) < 4.78 is 0. The first-order chi connectivity index (χ1) is 9.53. The molecule has 0 bridgehead atoms. The maximum absolute atomic E-state index is 12.1. The molecule has 1 aromatic rings. The fourth-order valence-electron chi connectivity index (χ4n) is 2.62. The van der Waals surface area contributed by atoms with Crippen LogP contribution in [0, 0.1) is 11.3 Å². The summed E-state index contributed by atoms with van der Waals surface area (Å²) in [6, 6.07) is 5.45. The molecule has 2 atom stereocenters. The van der Waals surface area contributed by atoms with Crippen LogP contribution in [0.4, 0.5) is 0 Å². The zero-order valence-corrected chi connectivity index (χ0v) is 12.5. The molecule has 5 heteroatoms. The van der Waals surface area contributed by atoms with E-state index in [2.05, 4.69) is 5.32 Å². The van der Waals surface area contributed by atoms with Gasteiger partial charge in [0, 0.05) is 27.9 Å². The van der Waals surface area contributed by atoms with Gasteiger partial charge in [-0.15, -0.1) is 0 Å². The van der Waals surface area contributed by atoms with Gasteiger partial charge >= 0.3 is 0 Å². The van der Waals surface area contributed by atoms with E-state index in [0.717, 1.165) is 24.8 Å². The van der Waals surface area contributed by atoms with Crippen molar-refractivity contribution in [2.24, 2.45) is 11.3 Å². The first-order valence-electron chi connectivity index (χ1n) is 6.88. The van der Waals surface area contributed by atoms with Crippen LogP contribution >= 0.6 is 23.2 Å². The van der Waals surface area contributed by atoms with Gasteiger partial charge in [-0.2, -0.15) is 0 Å². The maximum atomic E-state index is 12.1. The summed E-state index contributed by atoms with van der Waals surface area (Å²) in [5.74, 6) is 0.306. The third kappa shape index (κ3) is 2.95. The van der Waals surface area contributed by atoms with Crippen LogP contribution in [-0.4, -0.2) is 24.2 Å². The highest BCUT2D eigenvalue weighted by molar-refractivity contribution is 6.34. The van der Waals surface area contributed by atoms with E-state index in [1.165, 1.54) is 0 Å². The van der Waals surface area contributed by atoms with Gasteiger partial charge in [0.1, 0.15) is 0 Å². The van der Waals surface area contributed by atoms with E-state index >= 15 is 0 Å². The molecule has 1 aromatic carbocycles. The second-order valence-corrected chi connectivity index (χ2v) is 6.90. The lowest BCUT2D eigenvalue weighted by Crippen LogP contribution is -2.33. The number of hydrogen-bond donors (Lipinski definition) is 2. The Morgan fingerprint density at radius 1 is 1.30 bits per heavy atom. The Bertz CT molecular complexity index is 522. The Kier molecular flexibility index (Phi) is 3.69. The number of aliphatic hydroxyl groups excluding tert-OH is 1. The molecule has 2 unspecified atom stereocenters. The molecule has 2 aliphatic carbocycles. The SMILES string of the molecule is O=C(NCC1(CO)CC1)C1CC1c1cc(Cl)cc(Cl)c1. The normalized spacial score (nSPS) is 26.1. The van der Waals surface area contributed by atoms with Crippen LogP contribution in [0.2, 0.25) is 10.0 Å². The molecule has 3 rings (SSSR count). The Morgan fingerprint density at radius 3 is 2.50 bits per heavy atom. The lowest BCUT2D eigenvalue weighted by Gasteiger charge is -2.12. The smallest absolute Gasteiger partial charge is 0.223 e. The van der Waals surface area contributed by atoms with E-state index in [-0.39, 0.29) is 29.8 Å². The molecule has 3 nitrogen and oxygen atoms in total. The van der Waals surface area contributed by atoms with E-state index < -0.39 is 0 Å². The number of halogens is 2. The number of nitrogens with one attached hydrogen (secondary N) is 1. The molecular weight excluding hydrogens is 297 g/mol. The largest absolute Gasteiger partial charge is 0.396 e. The molecular formula is C15H17Cl2NO2. The molecule has 0 aliphatic heterocycles. The fraction of sp³-hybridized carbons (Fsp3) is 0.533. The molecule has 2 fully saturated rings. The van der Waals surface area contributed by atoms with Gasteiger partial charge in [-0.25, -0.2) is 0 Å². The van der Waals surface area contributed by atoms with Gasteiger partial charge in [-0.1, -0.05) is 23.2 Å². The fourth-order valence-corrected chi connectivity index (χ4v) is 3.16. The number of amides is 1. The van der Waals surface area contributed by atoms with Crippen molar-refractivity contribution >= 4 is 29.1 Å². The Labute approximate surface area is 128 Å². The average Bonchev–Trinajstić information content (AvgIpc) is 3.29. The topological polar surface area (TPSA) is 49.3 Å². The molecule has 2 saturated carbocycles. The second-order valence-electron chi connectivity index (χ2n) is 6.03. The second kappa shape index (κ2) is 5.21. The lowest BCUT2D eigenvalue weighted by molar-refractivity contribution is -0.122. The molecule has 0 saturated heterocycles. The summed E-state index contributed by atoms with van der Waals surface area (Å²) >= 11 is 12.0. The summed E-state index contributed by atoms with van der Waals surface area (Å²) in [6.45, 7) is 0.743. The number of aliphatic hydroxyl groups is 1. The van der Waals surface area contributed by atoms with Crippen molar-refractivity contribution in [3.8, 4) is 0 Å². The van der Waals surface area contributed by atoms with Crippen LogP contribution in [0.25, 0.3) is 0 Å². The highest BCUT2D eigenvalue weighted by Gasteiger charge is 2.46. The predicted molar refractivity (Wildman–Crippen MR) is 79.1 cm³/mol. The lowest BCUT2D eigenvalue weighted by atomic mass is 10.1. The van der Waals surface area contributed by atoms with Gasteiger partial charge in [-0.3, -0.25) is 4.79 Å². The Hall–Kier alpha value is -0.770. The predicted octanol–water partition coefficient (Wildman–Crippen LogP) is 2.99. The zero-order valence-electron chi connectivity index (χ0n) is 11.0. The highest BCUT2D eigenvalue weighted by Crippen LogP contribution is 2.49. The van der Waals surface area contributed by atoms with E-state index in [9.17, 15) is 9.90 Å². The summed E-state index contributed by atoms with van der Waals surface area (Å²) in [5, 5.41) is 13.4. The van der Waals surface area contributed by atoms with Crippen molar-refractivity contribution in [3.05, 3.63) is 33.8 Å². The van der Waals surface area contributed by atoms with Crippen molar-refractivity contribution in [2.45, 2.75) is 25.2 Å². The van der Waals surface area contributed by atoms with E-state index in [1.54, 1.807) is 6.07 Å². The minimum atomic E-state index is -0.0423. The molecule has 2 aliphatic rings. The number of hydrogen-bond acceptors (Lipinski definition) is 2. The first-order valence-corrected chi connectivity index (χ1v) is 7.63. The summed E-state index contributed by atoms with van der Waals surface area (Å²) in [5.41, 5.74) is 0.991. The molecule has 1 amide bonds. The third-order valence-corrected chi connectivity index (χ3v) is 4.81. The number of rotatable bonds is 5. The van der Waals surface area contributed by atoms with Crippen molar-refractivity contribution in [3.63, 3.8) is 0 Å². The number of carbonyl (C=O) groups is 1. The van der Waals surface area contributed by atoms with Gasteiger partial charge in [0.25, 0.3) is 0 Å². The molecule has 0 aromatic heterocycles. The van der Waals surface area contributed by atoms with Crippen molar-refractivity contribution in [2.75, 3.05) is 13.2 Å². The third-order valence-electron chi connectivity index (χ3n) is 4.37. The van der Waals surface area contributed by atoms with Crippen LogP contribution in [0.5, 0.6) is 0 Å². The average molecular weight is 314 g/mol. The van der Waals surface area contributed by atoms with Crippen LogP contribution in [0.3, 0.4) is 0 Å². The summed E-state index contributed by atoms with van der Waals surface area (Å²) in [7, 11) is 0. The van der Waals surface area contributed by atoms with Crippen molar-refractivity contribution in [1.29, 1.82) is 0 Å². The van der Waals surface area contributed by atoms with E-state index in [4.69, 9.17) is 23.2 Å². The molecule has 0 spiro atoms. The minimum absolute atomic E-state index is 0.0130. The monoisotopic (exact) mass is 313 g/mol. The van der Waals surface area contributed by atoms with E-state index in [0.29, 0.717) is 16.6 Å². The standard InChI is InChI=1S/C15H17Cl2NO2/c16-10-3-9(4-11(17)5-10)12-6-13(12)14(20)18-7-15(8-19)1-2-15/h3-5,12-13,19H,1-2,6-8H2,(H,18,20). The van der Waals surface area contributed by atoms with Crippen LogP contribution in [-0.2, 0) is 4.79 Å². The molecule has 0 heterocycles. The quantitative estimate of drug-likeness (QED) is 0.878. The van der Waals surface area contributed by atoms with Crippen molar-refractivity contribution < 1.29 is 9.90 Å². The van der Waals surface area contributed by atoms with Gasteiger partial charge in [0.05, 0.1) is 6.61 Å². The Morgan fingerprint density at radius 2 is 1.95 bits per heavy atom. The van der Waals surface area contributed by atoms with Gasteiger partial charge < -0.3 is 10.4 Å². The van der Waals surface area contributed by atoms with Crippen LogP contribution in [0.1, 0.15) is 30.7 Å². The Balaban J connectivity index is 1.57. The molecule has 0 radical (unpaired) electrons. The van der Waals surface area contributed by atoms with Gasteiger partial charge in [0.15, 0.2) is 0 Å². The van der Waals surface area contributed by atoms with Crippen LogP contribution in [0.15, 0.2) is 18.2 Å². The van der Waals surface area contributed by atoms with Gasteiger partial charge in [0.2, 0.25) is 5.91 Å². The molecule has 2 N–H and O–H groups in total. The van der Waals surface area contributed by atoms with Crippen molar-refractivity contribution in [1.82, 2.24) is 5.32 Å². The zero-order chi connectivity index (χ0) is 14.3. The first kappa shape index (κ1) is 14.2. The minimum Gasteiger partial charge on any atom is -0.396 e. The van der Waals surface area contributed by atoms with E-state index in [1.807, 2.05) is 12.1 Å². The van der Waals surface area contributed by atoms with Crippen LogP contribution < -0.4 is 5.32 Å². The highest BCUT2D eigenvalue weighted by atomic mass is 35.5. The van der Waals surface area contributed by atoms with Gasteiger partial charge in [-0.05, 0) is 48.9 Å². The summed E-state index contributed by atoms with van der Waals surface area (Å²) in [6.07, 6.45) is 2.85. The molecule has 20 heavy (non-hydrogen) atoms. The maximum Gasteiger partial charge on any atom is 0.223 e. The summed E-state index contributed by atoms with van der Waals surface area (Å²) in [4.78, 5) is 12.1. The number of carbonyl (C=O) groups excluding carboxylic acids is 1. The number of benzene rings is 1.